The molecule has 0 aliphatic rings. The molecule has 2 aromatic rings. The highest BCUT2D eigenvalue weighted by Gasteiger charge is 2.14. The molecule has 0 saturated carbocycles. The third-order valence-corrected chi connectivity index (χ3v) is 5.22. The zero-order chi connectivity index (χ0) is 15.5. The molecule has 2 aromatic carbocycles. The molecule has 6 heteroatoms. The van der Waals surface area contributed by atoms with E-state index in [1.165, 1.54) is 0 Å². The van der Waals surface area contributed by atoms with Crippen molar-refractivity contribution >= 4 is 31.6 Å². The molecule has 0 heterocycles. The molecule has 21 heavy (non-hydrogen) atoms. The van der Waals surface area contributed by atoms with E-state index < -0.39 is 10.0 Å². The fourth-order valence-electron chi connectivity index (χ4n) is 1.99. The van der Waals surface area contributed by atoms with Crippen molar-refractivity contribution in [2.75, 3.05) is 4.72 Å². The van der Waals surface area contributed by atoms with Gasteiger partial charge < -0.3 is 5.73 Å². The summed E-state index contributed by atoms with van der Waals surface area (Å²) in [5, 5.41) is 0. The van der Waals surface area contributed by atoms with E-state index in [0.717, 1.165) is 21.2 Å². The van der Waals surface area contributed by atoms with Crippen LogP contribution in [0, 0.1) is 6.92 Å². The van der Waals surface area contributed by atoms with Crippen LogP contribution in [0.15, 0.2) is 46.9 Å². The fraction of sp³-hybridized carbons (Fsp3) is 0.200. The normalized spacial score (nSPS) is 11.4. The number of rotatable bonds is 5. The number of nitrogens with two attached hydrogens (primary N) is 1. The smallest absolute Gasteiger partial charge is 0.236 e. The van der Waals surface area contributed by atoms with Crippen molar-refractivity contribution in [3.63, 3.8) is 0 Å². The van der Waals surface area contributed by atoms with E-state index >= 15 is 0 Å². The van der Waals surface area contributed by atoms with E-state index in [2.05, 4.69) is 20.7 Å². The highest BCUT2D eigenvalue weighted by atomic mass is 79.9. The molecule has 0 unspecified atom stereocenters. The molecule has 112 valence electrons. The Hall–Kier alpha value is -1.37. The predicted molar refractivity (Wildman–Crippen MR) is 89.5 cm³/mol. The van der Waals surface area contributed by atoms with Crippen molar-refractivity contribution < 1.29 is 8.42 Å². The van der Waals surface area contributed by atoms with Crippen molar-refractivity contribution in [1.29, 1.82) is 0 Å². The third-order valence-electron chi connectivity index (χ3n) is 3.12. The van der Waals surface area contributed by atoms with E-state index in [1.807, 2.05) is 31.2 Å². The quantitative estimate of drug-likeness (QED) is 0.851. The Kier molecular flexibility index (Phi) is 5.03. The molecule has 0 radical (unpaired) electrons. The maximum Gasteiger partial charge on any atom is 0.236 e. The molecule has 0 fully saturated rings. The van der Waals surface area contributed by atoms with Gasteiger partial charge in [0.1, 0.15) is 0 Å². The van der Waals surface area contributed by atoms with Crippen LogP contribution < -0.4 is 10.5 Å². The first kappa shape index (κ1) is 16.0. The van der Waals surface area contributed by atoms with E-state index in [4.69, 9.17) is 5.73 Å². The second kappa shape index (κ2) is 6.60. The van der Waals surface area contributed by atoms with Crippen molar-refractivity contribution in [2.45, 2.75) is 19.2 Å². The predicted octanol–water partition coefficient (Wildman–Crippen LogP) is 3.16. The van der Waals surface area contributed by atoms with Gasteiger partial charge in [-0.2, -0.15) is 0 Å². The summed E-state index contributed by atoms with van der Waals surface area (Å²) in [6, 6.07) is 12.7. The lowest BCUT2D eigenvalue weighted by atomic mass is 10.1. The Labute approximate surface area is 133 Å². The molecular weight excluding hydrogens is 352 g/mol. The van der Waals surface area contributed by atoms with Crippen LogP contribution in [-0.4, -0.2) is 8.42 Å². The number of nitrogens with one attached hydrogen (secondary N) is 1. The summed E-state index contributed by atoms with van der Waals surface area (Å²) in [7, 11) is -3.46. The molecule has 0 spiro atoms. The van der Waals surface area contributed by atoms with E-state index in [1.54, 1.807) is 18.2 Å². The molecule has 0 aromatic heterocycles. The number of hydrogen-bond acceptors (Lipinski definition) is 3. The van der Waals surface area contributed by atoms with Crippen LogP contribution in [-0.2, 0) is 22.3 Å². The minimum absolute atomic E-state index is 0.0766. The summed E-state index contributed by atoms with van der Waals surface area (Å²) in [4.78, 5) is 0. The van der Waals surface area contributed by atoms with E-state index in [-0.39, 0.29) is 5.75 Å². The molecule has 0 bridgehead atoms. The summed E-state index contributed by atoms with van der Waals surface area (Å²) in [6.45, 7) is 2.25. The fourth-order valence-corrected chi connectivity index (χ4v) is 3.60. The van der Waals surface area contributed by atoms with Gasteiger partial charge in [0, 0.05) is 11.0 Å². The largest absolute Gasteiger partial charge is 0.326 e. The van der Waals surface area contributed by atoms with Gasteiger partial charge in [0.15, 0.2) is 0 Å². The highest BCUT2D eigenvalue weighted by molar-refractivity contribution is 9.10. The summed E-state index contributed by atoms with van der Waals surface area (Å²) in [6.07, 6.45) is 0. The average Bonchev–Trinajstić information content (AvgIpc) is 2.43. The SMILES string of the molecule is Cc1c(Br)cccc1NS(=O)(=O)Cc1cccc(CN)c1. The molecule has 0 amide bonds. The lowest BCUT2D eigenvalue weighted by molar-refractivity contribution is 0.600. The van der Waals surface area contributed by atoms with Crippen molar-refractivity contribution in [3.8, 4) is 0 Å². The molecule has 0 aliphatic heterocycles. The van der Waals surface area contributed by atoms with Crippen LogP contribution in [0.4, 0.5) is 5.69 Å². The van der Waals surface area contributed by atoms with Crippen molar-refractivity contribution in [3.05, 3.63) is 63.6 Å². The van der Waals surface area contributed by atoms with Gasteiger partial charge in [0.05, 0.1) is 11.4 Å². The topological polar surface area (TPSA) is 72.2 Å². The molecular formula is C15H17BrN2O2S. The summed E-state index contributed by atoms with van der Waals surface area (Å²) < 4.78 is 28.0. The maximum absolute atomic E-state index is 12.3. The second-order valence-electron chi connectivity index (χ2n) is 4.80. The number of sulfonamides is 1. The van der Waals surface area contributed by atoms with Gasteiger partial charge in [-0.15, -0.1) is 0 Å². The monoisotopic (exact) mass is 368 g/mol. The lowest BCUT2D eigenvalue weighted by Crippen LogP contribution is -2.16. The molecule has 0 aliphatic carbocycles. The van der Waals surface area contributed by atoms with Crippen LogP contribution in [0.5, 0.6) is 0 Å². The Morgan fingerprint density at radius 2 is 1.81 bits per heavy atom. The molecule has 2 rings (SSSR count). The Balaban J connectivity index is 2.20. The Morgan fingerprint density at radius 3 is 2.52 bits per heavy atom. The van der Waals surface area contributed by atoms with E-state index in [9.17, 15) is 8.42 Å². The van der Waals surface area contributed by atoms with Crippen LogP contribution in [0.2, 0.25) is 0 Å². The minimum Gasteiger partial charge on any atom is -0.326 e. The van der Waals surface area contributed by atoms with Gasteiger partial charge in [-0.05, 0) is 35.7 Å². The van der Waals surface area contributed by atoms with Crippen LogP contribution in [0.1, 0.15) is 16.7 Å². The first-order valence-corrected chi connectivity index (χ1v) is 8.89. The number of anilines is 1. The summed E-state index contributed by atoms with van der Waals surface area (Å²) in [5.74, 6) is -0.0766. The highest BCUT2D eigenvalue weighted by Crippen LogP contribution is 2.25. The first-order chi connectivity index (χ1) is 9.91. The zero-order valence-corrected chi connectivity index (χ0v) is 14.0. The summed E-state index contributed by atoms with van der Waals surface area (Å²) >= 11 is 3.39. The van der Waals surface area contributed by atoms with Gasteiger partial charge in [-0.1, -0.05) is 46.3 Å². The molecule has 3 N–H and O–H groups in total. The van der Waals surface area contributed by atoms with Gasteiger partial charge >= 0.3 is 0 Å². The Morgan fingerprint density at radius 1 is 1.14 bits per heavy atom. The number of benzene rings is 2. The maximum atomic E-state index is 12.3. The second-order valence-corrected chi connectivity index (χ2v) is 7.37. The molecule has 0 saturated heterocycles. The van der Waals surface area contributed by atoms with Gasteiger partial charge in [-0.25, -0.2) is 8.42 Å². The van der Waals surface area contributed by atoms with Crippen molar-refractivity contribution in [2.24, 2.45) is 5.73 Å². The van der Waals surface area contributed by atoms with Crippen LogP contribution in [0.25, 0.3) is 0 Å². The van der Waals surface area contributed by atoms with Crippen LogP contribution >= 0.6 is 15.9 Å². The average molecular weight is 369 g/mol. The van der Waals surface area contributed by atoms with E-state index in [0.29, 0.717) is 12.2 Å². The number of hydrogen-bond donors (Lipinski definition) is 2. The lowest BCUT2D eigenvalue weighted by Gasteiger charge is -2.12. The van der Waals surface area contributed by atoms with Gasteiger partial charge in [0.25, 0.3) is 0 Å². The van der Waals surface area contributed by atoms with Crippen molar-refractivity contribution in [1.82, 2.24) is 0 Å². The standard InChI is InChI=1S/C15H17BrN2O2S/c1-11-14(16)6-3-7-15(11)18-21(19,20)10-13-5-2-4-12(8-13)9-17/h2-8,18H,9-10,17H2,1H3. The molecule has 0 atom stereocenters. The number of halogens is 1. The summed E-state index contributed by atoms with van der Waals surface area (Å²) in [5.41, 5.74) is 8.65. The van der Waals surface area contributed by atoms with Gasteiger partial charge in [0.2, 0.25) is 10.0 Å². The first-order valence-electron chi connectivity index (χ1n) is 6.45. The minimum atomic E-state index is -3.46. The zero-order valence-electron chi connectivity index (χ0n) is 11.6. The third kappa shape index (κ3) is 4.30. The van der Waals surface area contributed by atoms with Crippen LogP contribution in [0.3, 0.4) is 0 Å². The molecule has 4 nitrogen and oxygen atoms in total. The van der Waals surface area contributed by atoms with Gasteiger partial charge in [-0.3, -0.25) is 4.72 Å². The Bertz CT molecular complexity index is 745.